The summed E-state index contributed by atoms with van der Waals surface area (Å²) >= 11 is 0. The molecule has 8 nitrogen and oxygen atoms in total. The van der Waals surface area contributed by atoms with Crippen molar-refractivity contribution in [2.45, 2.75) is 76.3 Å². The van der Waals surface area contributed by atoms with Gasteiger partial charge in [0.2, 0.25) is 17.7 Å². The molecule has 0 aromatic heterocycles. The van der Waals surface area contributed by atoms with Gasteiger partial charge in [0, 0.05) is 18.3 Å². The fourth-order valence-corrected chi connectivity index (χ4v) is 6.94. The number of carbonyl (C=O) groups is 3. The number of amides is 3. The molecule has 5 atom stereocenters. The van der Waals surface area contributed by atoms with Crippen molar-refractivity contribution >= 4 is 23.4 Å². The Balaban J connectivity index is 1.31. The molecule has 1 spiro atoms. The van der Waals surface area contributed by atoms with Crippen molar-refractivity contribution in [3.63, 3.8) is 0 Å². The maximum atomic E-state index is 14.2. The van der Waals surface area contributed by atoms with Crippen LogP contribution in [0.3, 0.4) is 0 Å². The first-order valence-electron chi connectivity index (χ1n) is 14.3. The van der Waals surface area contributed by atoms with Gasteiger partial charge in [0.1, 0.15) is 17.4 Å². The Hall–Kier alpha value is -3.65. The lowest BCUT2D eigenvalue weighted by Crippen LogP contribution is -2.56. The van der Waals surface area contributed by atoms with Crippen LogP contribution in [0, 0.1) is 25.7 Å². The normalized spacial score (nSPS) is 29.0. The lowest BCUT2D eigenvalue weighted by atomic mass is 9.74. The molecule has 3 amide bonds. The Morgan fingerprint density at radius 2 is 1.77 bits per heavy atom. The van der Waals surface area contributed by atoms with Gasteiger partial charge in [-0.15, -0.1) is 0 Å². The van der Waals surface area contributed by atoms with Gasteiger partial charge in [-0.3, -0.25) is 14.4 Å². The van der Waals surface area contributed by atoms with E-state index in [1.807, 2.05) is 68.5 Å². The molecular weight excluding hydrogens is 506 g/mol. The molecule has 1 saturated carbocycles. The van der Waals surface area contributed by atoms with E-state index in [1.165, 1.54) is 6.42 Å². The van der Waals surface area contributed by atoms with E-state index in [1.54, 1.807) is 12.0 Å². The average Bonchev–Trinajstić information content (AvgIpc) is 3.59. The Morgan fingerprint density at radius 3 is 2.48 bits per heavy atom. The summed E-state index contributed by atoms with van der Waals surface area (Å²) in [6, 6.07) is 12.5. The Bertz CT molecular complexity index is 1350. The molecule has 8 heteroatoms. The molecule has 40 heavy (non-hydrogen) atoms. The van der Waals surface area contributed by atoms with Gasteiger partial charge in [-0.05, 0) is 67.6 Å². The molecule has 3 aliphatic heterocycles. The van der Waals surface area contributed by atoms with E-state index < -0.39 is 29.6 Å². The van der Waals surface area contributed by atoms with Gasteiger partial charge < -0.3 is 25.0 Å². The summed E-state index contributed by atoms with van der Waals surface area (Å²) in [5.74, 6) is -1.51. The third-order valence-corrected chi connectivity index (χ3v) is 9.16. The van der Waals surface area contributed by atoms with Crippen LogP contribution >= 0.6 is 0 Å². The number of aryl methyl sites for hydroxylation is 2. The number of methoxy groups -OCH3 is 1. The van der Waals surface area contributed by atoms with E-state index in [4.69, 9.17) is 9.47 Å². The molecule has 2 aromatic rings. The van der Waals surface area contributed by atoms with Gasteiger partial charge in [0.05, 0.1) is 25.0 Å². The Kier molecular flexibility index (Phi) is 6.90. The third kappa shape index (κ3) is 4.48. The zero-order chi connectivity index (χ0) is 28.0. The van der Waals surface area contributed by atoms with Gasteiger partial charge in [-0.25, -0.2) is 0 Å². The summed E-state index contributed by atoms with van der Waals surface area (Å²) in [5, 5.41) is 6.25. The van der Waals surface area contributed by atoms with Crippen LogP contribution in [0.15, 0.2) is 54.6 Å². The van der Waals surface area contributed by atoms with Gasteiger partial charge in [-0.1, -0.05) is 49.6 Å². The van der Waals surface area contributed by atoms with Crippen molar-refractivity contribution < 1.29 is 23.9 Å². The number of hydrogen-bond acceptors (Lipinski definition) is 5. The summed E-state index contributed by atoms with van der Waals surface area (Å²) in [7, 11) is 1.61. The number of carbonyl (C=O) groups excluding carboxylic acids is 3. The first kappa shape index (κ1) is 26.6. The standard InChI is InChI=1S/C32H37N3O5/c1-19-9-12-23(17-20(19)2)34-29(36)26-25-15-16-32(40-25)27(26)31(38)35(18-21-10-13-24(39-3)14-11-21)28(32)30(37)33-22-7-5-4-6-8-22/h9-17,22,25-28H,4-8,18H2,1-3H3,(H,33,37)(H,34,36)/t25-,26+,27-,28+,32+/m1/s1. The van der Waals surface area contributed by atoms with Gasteiger partial charge in [0.25, 0.3) is 0 Å². The van der Waals surface area contributed by atoms with Crippen LogP contribution in [0.2, 0.25) is 0 Å². The molecule has 1 aliphatic carbocycles. The maximum absolute atomic E-state index is 14.2. The molecule has 3 heterocycles. The minimum Gasteiger partial charge on any atom is -0.497 e. The molecule has 3 fully saturated rings. The van der Waals surface area contributed by atoms with E-state index >= 15 is 0 Å². The van der Waals surface area contributed by atoms with Gasteiger partial charge in [-0.2, -0.15) is 0 Å². The first-order valence-corrected chi connectivity index (χ1v) is 14.3. The zero-order valence-corrected chi connectivity index (χ0v) is 23.3. The Morgan fingerprint density at radius 1 is 1.02 bits per heavy atom. The summed E-state index contributed by atoms with van der Waals surface area (Å²) < 4.78 is 11.8. The minimum absolute atomic E-state index is 0.0843. The predicted molar refractivity (Wildman–Crippen MR) is 151 cm³/mol. The fraction of sp³-hybridized carbons (Fsp3) is 0.469. The quantitative estimate of drug-likeness (QED) is 0.514. The lowest BCUT2D eigenvalue weighted by molar-refractivity contribution is -0.142. The van der Waals surface area contributed by atoms with Crippen LogP contribution in [0.1, 0.15) is 48.8 Å². The number of rotatable bonds is 7. The third-order valence-electron chi connectivity index (χ3n) is 9.16. The molecular formula is C32H37N3O5. The number of nitrogens with zero attached hydrogens (tertiary/aromatic N) is 1. The van der Waals surface area contributed by atoms with Crippen molar-refractivity contribution in [3.05, 3.63) is 71.3 Å². The highest BCUT2D eigenvalue weighted by molar-refractivity contribution is 6.02. The first-order chi connectivity index (χ1) is 19.3. The number of anilines is 1. The molecule has 2 N–H and O–H groups in total. The molecule has 6 rings (SSSR count). The van der Waals surface area contributed by atoms with Gasteiger partial charge in [0.15, 0.2) is 0 Å². The number of ether oxygens (including phenoxy) is 2. The highest BCUT2D eigenvalue weighted by Crippen LogP contribution is 2.55. The van der Waals surface area contributed by atoms with E-state index in [2.05, 4.69) is 10.6 Å². The average molecular weight is 544 g/mol. The predicted octanol–water partition coefficient (Wildman–Crippen LogP) is 4.05. The molecule has 2 saturated heterocycles. The number of benzene rings is 2. The number of nitrogens with one attached hydrogen (secondary N) is 2. The number of likely N-dealkylation sites (tertiary alicyclic amines) is 1. The van der Waals surface area contributed by atoms with E-state index in [9.17, 15) is 14.4 Å². The second-order valence-corrected chi connectivity index (χ2v) is 11.6. The van der Waals surface area contributed by atoms with Crippen LogP contribution < -0.4 is 15.4 Å². The second kappa shape index (κ2) is 10.4. The van der Waals surface area contributed by atoms with Crippen LogP contribution in [0.5, 0.6) is 5.75 Å². The summed E-state index contributed by atoms with van der Waals surface area (Å²) in [6.45, 7) is 4.25. The fourth-order valence-electron chi connectivity index (χ4n) is 6.94. The second-order valence-electron chi connectivity index (χ2n) is 11.6. The van der Waals surface area contributed by atoms with Crippen LogP contribution in [-0.2, 0) is 25.7 Å². The van der Waals surface area contributed by atoms with Crippen LogP contribution in [0.4, 0.5) is 5.69 Å². The Labute approximate surface area is 235 Å². The van der Waals surface area contributed by atoms with E-state index in [0.717, 1.165) is 42.4 Å². The summed E-state index contributed by atoms with van der Waals surface area (Å²) in [6.07, 6.45) is 8.35. The minimum atomic E-state index is -1.18. The number of fused-ring (bicyclic) bond motifs is 1. The molecule has 0 radical (unpaired) electrons. The van der Waals surface area contributed by atoms with Crippen molar-refractivity contribution in [2.24, 2.45) is 11.8 Å². The molecule has 2 aromatic carbocycles. The highest BCUT2D eigenvalue weighted by atomic mass is 16.5. The van der Waals surface area contributed by atoms with Crippen molar-refractivity contribution in [2.75, 3.05) is 12.4 Å². The molecule has 210 valence electrons. The highest BCUT2D eigenvalue weighted by Gasteiger charge is 2.72. The smallest absolute Gasteiger partial charge is 0.246 e. The van der Waals surface area contributed by atoms with Crippen molar-refractivity contribution in [1.82, 2.24) is 10.2 Å². The van der Waals surface area contributed by atoms with E-state index in [-0.39, 0.29) is 30.3 Å². The van der Waals surface area contributed by atoms with Gasteiger partial charge >= 0.3 is 0 Å². The van der Waals surface area contributed by atoms with Crippen molar-refractivity contribution in [1.29, 1.82) is 0 Å². The summed E-state index contributed by atoms with van der Waals surface area (Å²) in [4.78, 5) is 43.5. The molecule has 4 aliphatic rings. The lowest BCUT2D eigenvalue weighted by Gasteiger charge is -2.34. The number of hydrogen-bond donors (Lipinski definition) is 2. The summed E-state index contributed by atoms with van der Waals surface area (Å²) in [5.41, 5.74) is 2.57. The molecule has 0 unspecified atom stereocenters. The molecule has 2 bridgehead atoms. The SMILES string of the molecule is COc1ccc(CN2C(=O)[C@H]3[C@@H](C(=O)Nc4ccc(C)c(C)c4)[C@H]4C=C[C@@]3(O4)[C@@H]2C(=O)NC2CCCCC2)cc1. The largest absolute Gasteiger partial charge is 0.497 e. The van der Waals surface area contributed by atoms with E-state index in [0.29, 0.717) is 11.4 Å². The van der Waals surface area contributed by atoms with Crippen LogP contribution in [-0.4, -0.2) is 53.5 Å². The zero-order valence-electron chi connectivity index (χ0n) is 23.3. The topological polar surface area (TPSA) is 97.0 Å². The van der Waals surface area contributed by atoms with Crippen LogP contribution in [0.25, 0.3) is 0 Å². The maximum Gasteiger partial charge on any atom is 0.246 e. The monoisotopic (exact) mass is 543 g/mol. The van der Waals surface area contributed by atoms with Crippen molar-refractivity contribution in [3.8, 4) is 5.75 Å².